The first-order chi connectivity index (χ1) is 12.5. The molecule has 0 amide bonds. The van der Waals surface area contributed by atoms with Crippen LogP contribution in [0, 0.1) is 11.8 Å². The highest BCUT2D eigenvalue weighted by molar-refractivity contribution is 6.34. The van der Waals surface area contributed by atoms with Crippen LogP contribution in [0.3, 0.4) is 0 Å². The maximum Gasteiger partial charge on any atom is 0.372 e. The lowest BCUT2D eigenvalue weighted by Crippen LogP contribution is -2.49. The van der Waals surface area contributed by atoms with Crippen molar-refractivity contribution in [1.82, 2.24) is 10.2 Å². The highest BCUT2D eigenvalue weighted by Gasteiger charge is 2.40. The van der Waals surface area contributed by atoms with Gasteiger partial charge in [-0.25, -0.2) is 4.79 Å². The van der Waals surface area contributed by atoms with Crippen LogP contribution in [-0.4, -0.2) is 64.6 Å². The summed E-state index contributed by atoms with van der Waals surface area (Å²) in [5.74, 6) is -3.21. The van der Waals surface area contributed by atoms with Gasteiger partial charge in [0.2, 0.25) is 5.78 Å². The number of carboxylic acids is 1. The summed E-state index contributed by atoms with van der Waals surface area (Å²) in [5.41, 5.74) is 0. The molecule has 3 N–H and O–H groups in total. The normalized spacial score (nSPS) is 22.7. The Morgan fingerprint density at radius 1 is 1.15 bits per heavy atom. The molecule has 1 saturated carbocycles. The van der Waals surface area contributed by atoms with Gasteiger partial charge in [0, 0.05) is 26.2 Å². The predicted molar refractivity (Wildman–Crippen MR) is 96.6 cm³/mol. The molecule has 7 nitrogen and oxygen atoms in total. The molecule has 7 heteroatoms. The molecular weight excluding hydrogens is 336 g/mol. The summed E-state index contributed by atoms with van der Waals surface area (Å²) >= 11 is 0. The van der Waals surface area contributed by atoms with Crippen LogP contribution >= 0.6 is 0 Å². The molecule has 2 aliphatic rings. The summed E-state index contributed by atoms with van der Waals surface area (Å²) in [6.45, 7) is 3.54. The lowest BCUT2D eigenvalue weighted by atomic mass is 9.80. The number of hydrogen-bond acceptors (Lipinski definition) is 6. The van der Waals surface area contributed by atoms with Crippen LogP contribution in [0.15, 0.2) is 0 Å². The van der Waals surface area contributed by atoms with Gasteiger partial charge in [-0.05, 0) is 31.6 Å². The third kappa shape index (κ3) is 5.34. The molecule has 148 valence electrons. The lowest BCUT2D eigenvalue weighted by Gasteiger charge is -2.33. The minimum absolute atomic E-state index is 0.111. The molecule has 0 bridgehead atoms. The van der Waals surface area contributed by atoms with Gasteiger partial charge in [-0.2, -0.15) is 0 Å². The van der Waals surface area contributed by atoms with E-state index in [9.17, 15) is 24.6 Å². The molecule has 0 aromatic heterocycles. The summed E-state index contributed by atoms with van der Waals surface area (Å²) < 4.78 is 0. The number of Topliss-reactive ketones (excluding diaryl/α,β-unsaturated/α-hetero) is 2. The minimum atomic E-state index is -1.50. The standard InChI is InChI=1S/C19H32N2O5/c1-2-15(22)17(21-11-10-20-12-21)14(18(24)19(25)26)8-9-16(23)13-6-4-3-5-7-13/h13-14,16-17,20,23H,2-12H2,1H3,(H,25,26)/t14?,16-,17+/m0/s1. The maximum atomic E-state index is 12.5. The fourth-order valence-corrected chi connectivity index (χ4v) is 4.35. The van der Waals surface area contributed by atoms with E-state index in [1.807, 2.05) is 4.90 Å². The van der Waals surface area contributed by atoms with Crippen LogP contribution in [0.25, 0.3) is 0 Å². The van der Waals surface area contributed by atoms with Gasteiger partial charge < -0.3 is 15.5 Å². The first-order valence-electron chi connectivity index (χ1n) is 9.88. The predicted octanol–water partition coefficient (Wildman–Crippen LogP) is 1.19. The fourth-order valence-electron chi connectivity index (χ4n) is 4.35. The van der Waals surface area contributed by atoms with E-state index in [2.05, 4.69) is 5.32 Å². The Labute approximate surface area is 155 Å². The zero-order valence-electron chi connectivity index (χ0n) is 15.7. The van der Waals surface area contributed by atoms with Gasteiger partial charge in [-0.3, -0.25) is 14.5 Å². The van der Waals surface area contributed by atoms with E-state index in [1.165, 1.54) is 6.42 Å². The van der Waals surface area contributed by atoms with E-state index < -0.39 is 29.8 Å². The van der Waals surface area contributed by atoms with E-state index in [0.29, 0.717) is 26.2 Å². The zero-order valence-corrected chi connectivity index (χ0v) is 15.7. The molecule has 1 aliphatic carbocycles. The zero-order chi connectivity index (χ0) is 19.1. The van der Waals surface area contributed by atoms with Crippen molar-refractivity contribution in [3.8, 4) is 0 Å². The molecule has 0 aromatic rings. The van der Waals surface area contributed by atoms with Crippen LogP contribution in [0.2, 0.25) is 0 Å². The molecule has 0 aromatic carbocycles. The highest BCUT2D eigenvalue weighted by Crippen LogP contribution is 2.30. The molecule has 0 radical (unpaired) electrons. The molecule has 2 fully saturated rings. The van der Waals surface area contributed by atoms with Crippen LogP contribution in [0.5, 0.6) is 0 Å². The number of rotatable bonds is 10. The second kappa shape index (κ2) is 10.1. The lowest BCUT2D eigenvalue weighted by molar-refractivity contribution is -0.153. The quantitative estimate of drug-likeness (QED) is 0.497. The molecule has 2 rings (SSSR count). The van der Waals surface area contributed by atoms with Crippen molar-refractivity contribution in [2.75, 3.05) is 19.8 Å². The number of carbonyl (C=O) groups is 3. The third-order valence-electron chi connectivity index (χ3n) is 5.86. The van der Waals surface area contributed by atoms with E-state index in [1.54, 1.807) is 6.92 Å². The van der Waals surface area contributed by atoms with E-state index in [0.717, 1.165) is 25.7 Å². The largest absolute Gasteiger partial charge is 0.475 e. The summed E-state index contributed by atoms with van der Waals surface area (Å²) in [4.78, 5) is 38.1. The van der Waals surface area contributed by atoms with E-state index in [4.69, 9.17) is 0 Å². The van der Waals surface area contributed by atoms with Gasteiger partial charge in [0.25, 0.3) is 0 Å². The Morgan fingerprint density at radius 3 is 2.38 bits per heavy atom. The van der Waals surface area contributed by atoms with Crippen LogP contribution in [-0.2, 0) is 14.4 Å². The average molecular weight is 368 g/mol. The summed E-state index contributed by atoms with van der Waals surface area (Å²) in [5, 5.41) is 22.9. The summed E-state index contributed by atoms with van der Waals surface area (Å²) in [6, 6.07) is -0.725. The molecule has 1 unspecified atom stereocenters. The van der Waals surface area contributed by atoms with Gasteiger partial charge >= 0.3 is 5.97 Å². The Bertz CT molecular complexity index is 498. The van der Waals surface area contributed by atoms with Crippen molar-refractivity contribution in [3.63, 3.8) is 0 Å². The number of carboxylic acid groups (broad SMARTS) is 1. The van der Waals surface area contributed by atoms with E-state index in [-0.39, 0.29) is 24.5 Å². The Hall–Kier alpha value is -1.31. The first-order valence-corrected chi connectivity index (χ1v) is 9.88. The van der Waals surface area contributed by atoms with Crippen LogP contribution in [0.4, 0.5) is 0 Å². The van der Waals surface area contributed by atoms with Crippen molar-refractivity contribution >= 4 is 17.5 Å². The molecule has 1 saturated heterocycles. The number of carbonyl (C=O) groups excluding carboxylic acids is 2. The van der Waals surface area contributed by atoms with Gasteiger partial charge in [0.15, 0.2) is 0 Å². The first kappa shape index (κ1) is 21.0. The van der Waals surface area contributed by atoms with Crippen molar-refractivity contribution < 1.29 is 24.6 Å². The SMILES string of the molecule is CCC(=O)[C@@H](C(CC[C@H](O)C1CCCCC1)C(=O)C(=O)O)N1CCNC1. The second-order valence-electron chi connectivity index (χ2n) is 7.55. The smallest absolute Gasteiger partial charge is 0.372 e. The number of aliphatic hydroxyl groups is 1. The number of nitrogens with one attached hydrogen (secondary N) is 1. The number of hydrogen-bond donors (Lipinski definition) is 3. The van der Waals surface area contributed by atoms with Gasteiger partial charge in [0.05, 0.1) is 18.1 Å². The molecule has 3 atom stereocenters. The van der Waals surface area contributed by atoms with Crippen molar-refractivity contribution in [3.05, 3.63) is 0 Å². The van der Waals surface area contributed by atoms with Crippen LogP contribution in [0.1, 0.15) is 58.3 Å². The Morgan fingerprint density at radius 2 is 1.85 bits per heavy atom. The van der Waals surface area contributed by atoms with Crippen molar-refractivity contribution in [2.45, 2.75) is 70.4 Å². The third-order valence-corrected chi connectivity index (χ3v) is 5.86. The Kier molecular flexibility index (Phi) is 8.18. The maximum absolute atomic E-state index is 12.5. The van der Waals surface area contributed by atoms with E-state index >= 15 is 0 Å². The Balaban J connectivity index is 2.11. The number of aliphatic hydroxyl groups excluding tert-OH is 1. The second-order valence-corrected chi connectivity index (χ2v) is 7.55. The van der Waals surface area contributed by atoms with Crippen molar-refractivity contribution in [1.29, 1.82) is 0 Å². The molecular formula is C19H32N2O5. The monoisotopic (exact) mass is 368 g/mol. The average Bonchev–Trinajstić information content (AvgIpc) is 3.18. The molecule has 1 aliphatic heterocycles. The molecule has 0 spiro atoms. The van der Waals surface area contributed by atoms with Gasteiger partial charge in [-0.1, -0.05) is 26.2 Å². The minimum Gasteiger partial charge on any atom is -0.475 e. The number of ketones is 2. The molecule has 26 heavy (non-hydrogen) atoms. The van der Waals surface area contributed by atoms with Gasteiger partial charge in [-0.15, -0.1) is 0 Å². The topological polar surface area (TPSA) is 107 Å². The number of aliphatic carboxylic acids is 1. The van der Waals surface area contributed by atoms with Gasteiger partial charge in [0.1, 0.15) is 5.78 Å². The van der Waals surface area contributed by atoms with Crippen molar-refractivity contribution in [2.24, 2.45) is 11.8 Å². The number of nitrogens with zero attached hydrogens (tertiary/aromatic N) is 1. The highest BCUT2D eigenvalue weighted by atomic mass is 16.4. The summed E-state index contributed by atoms with van der Waals surface area (Å²) in [6.07, 6.45) is 5.68. The summed E-state index contributed by atoms with van der Waals surface area (Å²) in [7, 11) is 0. The fraction of sp³-hybridized carbons (Fsp3) is 0.842. The molecule has 1 heterocycles. The van der Waals surface area contributed by atoms with Crippen LogP contribution < -0.4 is 5.32 Å².